The van der Waals surface area contributed by atoms with Gasteiger partial charge in [0.1, 0.15) is 6.61 Å². The summed E-state index contributed by atoms with van der Waals surface area (Å²) in [6.07, 6.45) is 4.65. The predicted octanol–water partition coefficient (Wildman–Crippen LogP) is 3.98. The summed E-state index contributed by atoms with van der Waals surface area (Å²) < 4.78 is 17.0. The molecular weight excluding hydrogens is 326 g/mol. The number of methoxy groups -OCH3 is 1. The van der Waals surface area contributed by atoms with Gasteiger partial charge in [-0.25, -0.2) is 0 Å². The molecule has 4 heteroatoms. The topological polar surface area (TPSA) is 39.7 Å². The van der Waals surface area contributed by atoms with Crippen molar-refractivity contribution in [1.82, 2.24) is 5.32 Å². The zero-order valence-corrected chi connectivity index (χ0v) is 15.6. The molecule has 0 aromatic heterocycles. The van der Waals surface area contributed by atoms with Gasteiger partial charge < -0.3 is 19.5 Å². The largest absolute Gasteiger partial charge is 0.493 e. The number of aryl methyl sites for hydroxylation is 1. The van der Waals surface area contributed by atoms with Crippen LogP contribution in [0.1, 0.15) is 30.4 Å². The van der Waals surface area contributed by atoms with Crippen LogP contribution in [0.2, 0.25) is 0 Å². The minimum atomic E-state index is 0.214. The van der Waals surface area contributed by atoms with E-state index < -0.39 is 0 Å². The Hall–Kier alpha value is -2.04. The average Bonchev–Trinajstić information content (AvgIpc) is 3.21. The fourth-order valence-corrected chi connectivity index (χ4v) is 3.19. The Balaban J connectivity index is 1.41. The van der Waals surface area contributed by atoms with Crippen LogP contribution in [0.25, 0.3) is 0 Å². The van der Waals surface area contributed by atoms with Crippen molar-refractivity contribution in [3.8, 4) is 11.5 Å². The first-order valence-corrected chi connectivity index (χ1v) is 9.51. The van der Waals surface area contributed by atoms with Crippen molar-refractivity contribution in [2.24, 2.45) is 0 Å². The second-order valence-electron chi connectivity index (χ2n) is 6.70. The van der Waals surface area contributed by atoms with Crippen LogP contribution in [0.4, 0.5) is 0 Å². The van der Waals surface area contributed by atoms with Crippen molar-refractivity contribution < 1.29 is 14.2 Å². The molecule has 0 aliphatic carbocycles. The van der Waals surface area contributed by atoms with E-state index in [1.807, 2.05) is 6.07 Å². The van der Waals surface area contributed by atoms with Gasteiger partial charge in [-0.2, -0.15) is 0 Å². The third kappa shape index (κ3) is 5.75. The third-order valence-corrected chi connectivity index (χ3v) is 4.67. The van der Waals surface area contributed by atoms with Crippen molar-refractivity contribution in [3.05, 3.63) is 59.7 Å². The molecular formula is C22H29NO3. The van der Waals surface area contributed by atoms with Gasteiger partial charge in [-0.1, -0.05) is 36.4 Å². The van der Waals surface area contributed by atoms with E-state index in [1.54, 1.807) is 7.11 Å². The molecule has 1 aliphatic rings. The van der Waals surface area contributed by atoms with E-state index in [9.17, 15) is 0 Å². The highest BCUT2D eigenvalue weighted by Crippen LogP contribution is 2.29. The first kappa shape index (κ1) is 18.7. The van der Waals surface area contributed by atoms with Gasteiger partial charge in [0, 0.05) is 13.2 Å². The fraction of sp³-hybridized carbons (Fsp3) is 0.455. The maximum atomic E-state index is 5.89. The molecule has 0 spiro atoms. The molecule has 2 aromatic rings. The summed E-state index contributed by atoms with van der Waals surface area (Å²) in [6.45, 7) is 3.26. The normalized spacial score (nSPS) is 16.6. The number of ether oxygens (including phenoxy) is 3. The highest BCUT2D eigenvalue weighted by atomic mass is 16.5. The maximum Gasteiger partial charge on any atom is 0.161 e. The summed E-state index contributed by atoms with van der Waals surface area (Å²) in [5, 5.41) is 3.50. The molecule has 140 valence electrons. The van der Waals surface area contributed by atoms with E-state index in [2.05, 4.69) is 47.8 Å². The number of rotatable bonds is 10. The lowest BCUT2D eigenvalue weighted by molar-refractivity contribution is 0.0669. The lowest BCUT2D eigenvalue weighted by Crippen LogP contribution is -2.17. The molecule has 1 unspecified atom stereocenters. The van der Waals surface area contributed by atoms with Gasteiger partial charge in [0.05, 0.1) is 13.2 Å². The molecule has 0 bridgehead atoms. The molecule has 1 atom stereocenters. The summed E-state index contributed by atoms with van der Waals surface area (Å²) in [5.74, 6) is 1.57. The Morgan fingerprint density at radius 1 is 1.08 bits per heavy atom. The Labute approximate surface area is 156 Å². The van der Waals surface area contributed by atoms with Gasteiger partial charge in [-0.05, 0) is 55.5 Å². The summed E-state index contributed by atoms with van der Waals surface area (Å²) in [4.78, 5) is 0. The maximum absolute atomic E-state index is 5.89. The van der Waals surface area contributed by atoms with Crippen LogP contribution >= 0.6 is 0 Å². The molecule has 0 saturated carbocycles. The second-order valence-corrected chi connectivity index (χ2v) is 6.70. The monoisotopic (exact) mass is 355 g/mol. The fourth-order valence-electron chi connectivity index (χ4n) is 3.19. The third-order valence-electron chi connectivity index (χ3n) is 4.67. The van der Waals surface area contributed by atoms with E-state index in [-0.39, 0.29) is 6.10 Å². The van der Waals surface area contributed by atoms with E-state index >= 15 is 0 Å². The van der Waals surface area contributed by atoms with Crippen LogP contribution in [-0.4, -0.2) is 33.0 Å². The Morgan fingerprint density at radius 3 is 2.73 bits per heavy atom. The molecule has 1 saturated heterocycles. The molecule has 0 amide bonds. The average molecular weight is 355 g/mol. The summed E-state index contributed by atoms with van der Waals surface area (Å²) in [6, 6.07) is 16.8. The van der Waals surface area contributed by atoms with Crippen molar-refractivity contribution >= 4 is 0 Å². The van der Waals surface area contributed by atoms with Crippen molar-refractivity contribution in [3.63, 3.8) is 0 Å². The molecule has 4 nitrogen and oxygen atoms in total. The SMILES string of the molecule is COc1cc(CNCCCc2ccccc2)ccc1OCC1CCCO1. The summed E-state index contributed by atoms with van der Waals surface area (Å²) >= 11 is 0. The predicted molar refractivity (Wildman–Crippen MR) is 104 cm³/mol. The molecule has 26 heavy (non-hydrogen) atoms. The van der Waals surface area contributed by atoms with E-state index in [0.717, 1.165) is 56.9 Å². The van der Waals surface area contributed by atoms with Crippen LogP contribution in [0.15, 0.2) is 48.5 Å². The van der Waals surface area contributed by atoms with Crippen LogP contribution in [0.5, 0.6) is 11.5 Å². The first-order valence-electron chi connectivity index (χ1n) is 9.51. The van der Waals surface area contributed by atoms with E-state index in [1.165, 1.54) is 11.1 Å². The molecule has 0 radical (unpaired) electrons. The lowest BCUT2D eigenvalue weighted by atomic mass is 10.1. The van der Waals surface area contributed by atoms with Crippen LogP contribution in [0.3, 0.4) is 0 Å². The molecule has 1 aliphatic heterocycles. The quantitative estimate of drug-likeness (QED) is 0.655. The van der Waals surface area contributed by atoms with E-state index in [0.29, 0.717) is 6.61 Å². The molecule has 2 aromatic carbocycles. The highest BCUT2D eigenvalue weighted by molar-refractivity contribution is 5.43. The van der Waals surface area contributed by atoms with Crippen molar-refractivity contribution in [2.75, 3.05) is 26.9 Å². The number of hydrogen-bond acceptors (Lipinski definition) is 4. The van der Waals surface area contributed by atoms with Crippen molar-refractivity contribution in [2.45, 2.75) is 38.3 Å². The van der Waals surface area contributed by atoms with Gasteiger partial charge in [0.2, 0.25) is 0 Å². The minimum absolute atomic E-state index is 0.214. The molecule has 1 N–H and O–H groups in total. The Morgan fingerprint density at radius 2 is 1.96 bits per heavy atom. The Bertz CT molecular complexity index is 654. The van der Waals surface area contributed by atoms with E-state index in [4.69, 9.17) is 14.2 Å². The molecule has 1 heterocycles. The summed E-state index contributed by atoms with van der Waals surface area (Å²) in [5.41, 5.74) is 2.59. The molecule has 1 fully saturated rings. The first-order chi connectivity index (χ1) is 12.8. The van der Waals surface area contributed by atoms with Gasteiger partial charge in [-0.3, -0.25) is 0 Å². The number of nitrogens with one attached hydrogen (secondary N) is 1. The summed E-state index contributed by atoms with van der Waals surface area (Å²) in [7, 11) is 1.69. The van der Waals surface area contributed by atoms with Crippen LogP contribution < -0.4 is 14.8 Å². The van der Waals surface area contributed by atoms with Gasteiger partial charge in [-0.15, -0.1) is 0 Å². The van der Waals surface area contributed by atoms with Crippen LogP contribution in [0, 0.1) is 0 Å². The second kappa shape index (κ2) is 10.2. The smallest absolute Gasteiger partial charge is 0.161 e. The zero-order chi connectivity index (χ0) is 18.0. The lowest BCUT2D eigenvalue weighted by Gasteiger charge is -2.15. The number of benzene rings is 2. The van der Waals surface area contributed by atoms with Crippen LogP contribution in [-0.2, 0) is 17.7 Å². The van der Waals surface area contributed by atoms with Gasteiger partial charge >= 0.3 is 0 Å². The van der Waals surface area contributed by atoms with Gasteiger partial charge in [0.15, 0.2) is 11.5 Å². The minimum Gasteiger partial charge on any atom is -0.493 e. The molecule has 3 rings (SSSR count). The standard InChI is InChI=1S/C22H29NO3/c1-24-22-15-19(11-12-21(22)26-17-20-10-6-14-25-20)16-23-13-5-9-18-7-3-2-4-8-18/h2-4,7-8,11-12,15,20,23H,5-6,9-10,13-14,16-17H2,1H3. The van der Waals surface area contributed by atoms with Crippen molar-refractivity contribution in [1.29, 1.82) is 0 Å². The zero-order valence-electron chi connectivity index (χ0n) is 15.6. The van der Waals surface area contributed by atoms with Gasteiger partial charge in [0.25, 0.3) is 0 Å². The number of hydrogen-bond donors (Lipinski definition) is 1. The Kier molecular flexibility index (Phi) is 7.35. The highest BCUT2D eigenvalue weighted by Gasteiger charge is 2.17.